The summed E-state index contributed by atoms with van der Waals surface area (Å²) < 4.78 is 29.0. The molecular formula is C22H38O3PrS. The summed E-state index contributed by atoms with van der Waals surface area (Å²) in [5, 5.41) is 0. The minimum Gasteiger partial charge on any atom is -0.266 e. The van der Waals surface area contributed by atoms with E-state index in [1.165, 1.54) is 77.0 Å². The summed E-state index contributed by atoms with van der Waals surface area (Å²) in [5.74, 6) is 0. The van der Waals surface area contributed by atoms with Crippen molar-refractivity contribution < 1.29 is 53.9 Å². The maximum absolute atomic E-state index is 11.9. The molecular weight excluding hydrogens is 485 g/mol. The van der Waals surface area contributed by atoms with E-state index in [0.29, 0.717) is 0 Å². The van der Waals surface area contributed by atoms with E-state index >= 15 is 0 Å². The Kier molecular flexibility index (Phi) is 18.9. The average Bonchev–Trinajstić information content (AvgIpc) is 2.65. The van der Waals surface area contributed by atoms with Gasteiger partial charge in [0.05, 0.1) is 11.5 Å². The van der Waals surface area contributed by atoms with Crippen molar-refractivity contribution in [1.82, 2.24) is 0 Å². The summed E-state index contributed by atoms with van der Waals surface area (Å²) >= 11 is 0. The van der Waals surface area contributed by atoms with Crippen LogP contribution in [-0.2, 0) is 14.3 Å². The van der Waals surface area contributed by atoms with Crippen molar-refractivity contribution in [2.75, 3.05) is 6.61 Å². The Morgan fingerprint density at radius 3 is 1.52 bits per heavy atom. The first-order valence-corrected chi connectivity index (χ1v) is 12.0. The molecule has 0 heterocycles. The van der Waals surface area contributed by atoms with Crippen molar-refractivity contribution in [3.05, 3.63) is 30.3 Å². The van der Waals surface area contributed by atoms with Gasteiger partial charge in [-0.3, -0.25) is 4.18 Å². The molecule has 5 heteroatoms. The maximum atomic E-state index is 11.9. The molecule has 0 unspecified atom stereocenters. The standard InChI is InChI=1S/C22H38O3S.Pr/c1-2-3-4-5-6-7-8-9-10-11-12-13-14-18-21-25-26(23,24)22-19-16-15-17-20-22;/h15-17,19-20H,2-14,18,21H2,1H3;. The van der Waals surface area contributed by atoms with Crippen LogP contribution in [0, 0.1) is 41.3 Å². The van der Waals surface area contributed by atoms with E-state index in [0.717, 1.165) is 12.8 Å². The molecule has 0 aliphatic carbocycles. The molecule has 0 aromatic heterocycles. The van der Waals surface area contributed by atoms with Gasteiger partial charge in [0.2, 0.25) is 0 Å². The molecule has 0 spiro atoms. The van der Waals surface area contributed by atoms with E-state index in [1.807, 2.05) is 0 Å². The van der Waals surface area contributed by atoms with Gasteiger partial charge >= 0.3 is 0 Å². The summed E-state index contributed by atoms with van der Waals surface area (Å²) in [7, 11) is -3.58. The molecule has 0 bridgehead atoms. The van der Waals surface area contributed by atoms with Gasteiger partial charge in [0, 0.05) is 41.3 Å². The minimum absolute atomic E-state index is 0. The molecule has 0 N–H and O–H groups in total. The smallest absolute Gasteiger partial charge is 0.266 e. The van der Waals surface area contributed by atoms with E-state index in [2.05, 4.69) is 6.92 Å². The van der Waals surface area contributed by atoms with Crippen LogP contribution in [0.4, 0.5) is 0 Å². The van der Waals surface area contributed by atoms with Gasteiger partial charge in [-0.15, -0.1) is 0 Å². The molecule has 153 valence electrons. The Bertz CT molecular complexity index is 532. The van der Waals surface area contributed by atoms with Gasteiger partial charge in [-0.2, -0.15) is 8.42 Å². The summed E-state index contributed by atoms with van der Waals surface area (Å²) in [4.78, 5) is 0.241. The number of unbranched alkanes of at least 4 members (excludes halogenated alkanes) is 13. The van der Waals surface area contributed by atoms with Crippen LogP contribution in [0.15, 0.2) is 35.2 Å². The fourth-order valence-corrected chi connectivity index (χ4v) is 4.08. The Labute approximate surface area is 201 Å². The number of rotatable bonds is 17. The fourth-order valence-electron chi connectivity index (χ4n) is 3.12. The van der Waals surface area contributed by atoms with Crippen molar-refractivity contribution >= 4 is 10.1 Å². The molecule has 27 heavy (non-hydrogen) atoms. The van der Waals surface area contributed by atoms with Crippen LogP contribution in [0.3, 0.4) is 0 Å². The molecule has 0 aliphatic heterocycles. The second-order valence-corrected chi connectivity index (χ2v) is 8.80. The maximum Gasteiger partial charge on any atom is 0.296 e. The first-order chi connectivity index (χ1) is 12.7. The molecule has 1 aromatic carbocycles. The average molecular weight is 524 g/mol. The molecule has 3 nitrogen and oxygen atoms in total. The zero-order valence-electron chi connectivity index (χ0n) is 17.2. The second kappa shape index (κ2) is 18.5. The number of hydrogen-bond acceptors (Lipinski definition) is 3. The van der Waals surface area contributed by atoms with Crippen molar-refractivity contribution in [2.45, 2.75) is 102 Å². The van der Waals surface area contributed by atoms with E-state index in [9.17, 15) is 8.42 Å². The Morgan fingerprint density at radius 2 is 1.07 bits per heavy atom. The zero-order chi connectivity index (χ0) is 18.9. The van der Waals surface area contributed by atoms with Gasteiger partial charge in [-0.1, -0.05) is 109 Å². The summed E-state index contributed by atoms with van der Waals surface area (Å²) in [6, 6.07) is 8.36. The third-order valence-corrected chi connectivity index (χ3v) is 6.09. The zero-order valence-corrected chi connectivity index (χ0v) is 21.7. The van der Waals surface area contributed by atoms with Crippen LogP contribution >= 0.6 is 0 Å². The van der Waals surface area contributed by atoms with E-state index < -0.39 is 10.1 Å². The molecule has 1 aromatic rings. The molecule has 0 aliphatic rings. The molecule has 0 atom stereocenters. The van der Waals surface area contributed by atoms with Crippen molar-refractivity contribution in [3.8, 4) is 0 Å². The minimum atomic E-state index is -3.58. The predicted molar refractivity (Wildman–Crippen MR) is 110 cm³/mol. The summed E-state index contributed by atoms with van der Waals surface area (Å²) in [6.07, 6.45) is 18.0. The summed E-state index contributed by atoms with van der Waals surface area (Å²) in [6.45, 7) is 2.55. The molecule has 1 radical (unpaired) electrons. The second-order valence-electron chi connectivity index (χ2n) is 7.19. The van der Waals surface area contributed by atoms with Gasteiger partial charge in [0.15, 0.2) is 0 Å². The van der Waals surface area contributed by atoms with Gasteiger partial charge < -0.3 is 0 Å². The molecule has 1 rings (SSSR count). The van der Waals surface area contributed by atoms with Crippen LogP contribution in [-0.4, -0.2) is 15.0 Å². The van der Waals surface area contributed by atoms with Gasteiger partial charge in [0.1, 0.15) is 0 Å². The monoisotopic (exact) mass is 523 g/mol. The van der Waals surface area contributed by atoms with Gasteiger partial charge in [-0.05, 0) is 18.6 Å². The topological polar surface area (TPSA) is 43.4 Å². The number of hydrogen-bond donors (Lipinski definition) is 0. The van der Waals surface area contributed by atoms with Crippen molar-refractivity contribution in [2.24, 2.45) is 0 Å². The SMILES string of the molecule is CCCCCCCCCCCCCCCCOS(=O)(=O)c1ccccc1.[Pr]. The Balaban J connectivity index is 0.00000676. The van der Waals surface area contributed by atoms with Crippen LogP contribution in [0.2, 0.25) is 0 Å². The first-order valence-electron chi connectivity index (χ1n) is 10.6. The Morgan fingerprint density at radius 1 is 0.667 bits per heavy atom. The van der Waals surface area contributed by atoms with E-state index in [1.54, 1.807) is 30.3 Å². The quantitative estimate of drug-likeness (QED) is 0.165. The van der Waals surface area contributed by atoms with Crippen molar-refractivity contribution in [1.29, 1.82) is 0 Å². The fraction of sp³-hybridized carbons (Fsp3) is 0.727. The number of benzene rings is 1. The van der Waals surface area contributed by atoms with Crippen LogP contribution < -0.4 is 0 Å². The normalized spacial score (nSPS) is 11.3. The Hall–Kier alpha value is 0.494. The largest absolute Gasteiger partial charge is 0.296 e. The van der Waals surface area contributed by atoms with Crippen LogP contribution in [0.5, 0.6) is 0 Å². The summed E-state index contributed by atoms with van der Waals surface area (Å²) in [5.41, 5.74) is 0. The van der Waals surface area contributed by atoms with Gasteiger partial charge in [-0.25, -0.2) is 0 Å². The molecule has 0 saturated heterocycles. The van der Waals surface area contributed by atoms with Crippen molar-refractivity contribution in [3.63, 3.8) is 0 Å². The molecule has 0 fully saturated rings. The van der Waals surface area contributed by atoms with E-state index in [4.69, 9.17) is 4.18 Å². The van der Waals surface area contributed by atoms with E-state index in [-0.39, 0.29) is 52.8 Å². The predicted octanol–water partition coefficient (Wildman–Crippen LogP) is 6.87. The molecule has 0 saturated carbocycles. The third kappa shape index (κ3) is 15.1. The third-order valence-electron chi connectivity index (χ3n) is 4.77. The molecule has 0 amide bonds. The first kappa shape index (κ1) is 27.5. The van der Waals surface area contributed by atoms with Crippen LogP contribution in [0.1, 0.15) is 96.8 Å². The van der Waals surface area contributed by atoms with Gasteiger partial charge in [0.25, 0.3) is 10.1 Å². The van der Waals surface area contributed by atoms with Crippen LogP contribution in [0.25, 0.3) is 0 Å².